The molecule has 4 heteroatoms. The van der Waals surface area contributed by atoms with Crippen LogP contribution in [0.4, 0.5) is 17.1 Å². The fourth-order valence-corrected chi connectivity index (χ4v) is 7.47. The second-order valence-corrected chi connectivity index (χ2v) is 11.0. The zero-order valence-corrected chi connectivity index (χ0v) is 21.3. The van der Waals surface area contributed by atoms with Gasteiger partial charge in [-0.15, -0.1) is 0 Å². The molecule has 3 aliphatic rings. The van der Waals surface area contributed by atoms with Gasteiger partial charge >= 0.3 is 6.85 Å². The molecule has 39 heavy (non-hydrogen) atoms. The third-order valence-electron chi connectivity index (χ3n) is 8.93. The minimum Gasteiger partial charge on any atom is -0.453 e. The predicted molar refractivity (Wildman–Crippen MR) is 162 cm³/mol. The zero-order valence-electron chi connectivity index (χ0n) is 21.3. The van der Waals surface area contributed by atoms with E-state index in [2.05, 4.69) is 125 Å². The van der Waals surface area contributed by atoms with Crippen LogP contribution in [0.15, 0.2) is 109 Å². The number of ether oxygens (including phenoxy) is 1. The van der Waals surface area contributed by atoms with Crippen molar-refractivity contribution in [1.82, 2.24) is 4.48 Å². The highest BCUT2D eigenvalue weighted by Gasteiger charge is 2.45. The average Bonchev–Trinajstić information content (AvgIpc) is 3.29. The monoisotopic (exact) mass is 496 g/mol. The number of fused-ring (bicyclic) bond motifs is 10. The van der Waals surface area contributed by atoms with Crippen LogP contribution in [0.5, 0.6) is 11.5 Å². The third kappa shape index (κ3) is 2.32. The van der Waals surface area contributed by atoms with E-state index in [4.69, 9.17) is 4.74 Å². The lowest BCUT2D eigenvalue weighted by molar-refractivity contribution is 0.477. The number of nitrogens with zero attached hydrogens (tertiary/aromatic N) is 2. The summed E-state index contributed by atoms with van der Waals surface area (Å²) in [5.74, 6) is 1.81. The van der Waals surface area contributed by atoms with Crippen LogP contribution in [0, 0.1) is 6.92 Å². The molecular weight excluding hydrogens is 475 g/mol. The van der Waals surface area contributed by atoms with Gasteiger partial charge < -0.3 is 14.1 Å². The first-order chi connectivity index (χ1) is 19.3. The maximum atomic E-state index is 6.53. The summed E-state index contributed by atoms with van der Waals surface area (Å²) in [6.07, 6.45) is 0. The molecule has 0 bridgehead atoms. The van der Waals surface area contributed by atoms with E-state index in [1.807, 2.05) is 0 Å². The molecule has 6 aromatic carbocycles. The Bertz CT molecular complexity index is 2240. The molecule has 0 saturated carbocycles. The summed E-state index contributed by atoms with van der Waals surface area (Å²) >= 11 is 0. The zero-order chi connectivity index (χ0) is 25.4. The number of aromatic nitrogens is 1. The molecule has 0 spiro atoms. The predicted octanol–water partition coefficient (Wildman–Crippen LogP) is 7.78. The molecule has 10 rings (SSSR count). The fraction of sp³-hybridized carbons (Fsp3) is 0.0286. The molecule has 0 saturated heterocycles. The summed E-state index contributed by atoms with van der Waals surface area (Å²) in [6, 6.07) is 40.0. The van der Waals surface area contributed by atoms with Gasteiger partial charge in [0.2, 0.25) is 0 Å². The van der Waals surface area contributed by atoms with Crippen LogP contribution < -0.4 is 20.6 Å². The van der Waals surface area contributed by atoms with Crippen molar-refractivity contribution < 1.29 is 4.74 Å². The molecule has 180 valence electrons. The van der Waals surface area contributed by atoms with Gasteiger partial charge in [0.15, 0.2) is 11.5 Å². The Morgan fingerprint density at radius 2 is 1.44 bits per heavy atom. The Labute approximate surface area is 225 Å². The Balaban J connectivity index is 1.43. The maximum absolute atomic E-state index is 6.53. The molecular formula is C35H21BN2O. The highest BCUT2D eigenvalue weighted by molar-refractivity contribution is 6.90. The van der Waals surface area contributed by atoms with Gasteiger partial charge in [0.05, 0.1) is 11.4 Å². The van der Waals surface area contributed by atoms with Crippen LogP contribution in [0.25, 0.3) is 43.7 Å². The minimum absolute atomic E-state index is 0.0479. The number of anilines is 3. The Kier molecular flexibility index (Phi) is 3.46. The van der Waals surface area contributed by atoms with Gasteiger partial charge in [0.25, 0.3) is 0 Å². The molecule has 4 heterocycles. The van der Waals surface area contributed by atoms with Crippen molar-refractivity contribution in [2.75, 3.05) is 4.90 Å². The molecule has 0 aliphatic carbocycles. The van der Waals surface area contributed by atoms with Crippen molar-refractivity contribution in [3.05, 3.63) is 115 Å². The van der Waals surface area contributed by atoms with Gasteiger partial charge in [-0.1, -0.05) is 72.8 Å². The van der Waals surface area contributed by atoms with Gasteiger partial charge in [0, 0.05) is 33.1 Å². The van der Waals surface area contributed by atoms with Crippen molar-refractivity contribution in [2.24, 2.45) is 0 Å². The summed E-state index contributed by atoms with van der Waals surface area (Å²) in [4.78, 5) is 2.44. The standard InChI is InChI=1S/C35H21BN2O/c1-20-16-26-24-11-6-10-23-25-18-21-8-2-3-9-22(21)19-29(25)38(34(23)24)36-27-12-7-15-32-35(27)37(30(17-20)33(26)36)28-13-4-5-14-31(28)39-32/h2-19H,1H3. The topological polar surface area (TPSA) is 17.4 Å². The molecule has 3 aliphatic heterocycles. The van der Waals surface area contributed by atoms with E-state index in [-0.39, 0.29) is 6.85 Å². The molecule has 0 amide bonds. The van der Waals surface area contributed by atoms with Gasteiger partial charge in [0.1, 0.15) is 0 Å². The fourth-order valence-electron chi connectivity index (χ4n) is 7.47. The molecule has 0 radical (unpaired) electrons. The Hall–Kier alpha value is -4.96. The number of rotatable bonds is 0. The van der Waals surface area contributed by atoms with E-state index in [1.165, 1.54) is 65.9 Å². The lowest BCUT2D eigenvalue weighted by atomic mass is 9.45. The van der Waals surface area contributed by atoms with E-state index in [1.54, 1.807) is 0 Å². The van der Waals surface area contributed by atoms with Crippen molar-refractivity contribution in [3.8, 4) is 22.6 Å². The molecule has 0 unspecified atom stereocenters. The number of hydrogen-bond acceptors (Lipinski definition) is 2. The van der Waals surface area contributed by atoms with Gasteiger partial charge in [-0.3, -0.25) is 0 Å². The van der Waals surface area contributed by atoms with Crippen LogP contribution in [0.2, 0.25) is 0 Å². The van der Waals surface area contributed by atoms with Crippen molar-refractivity contribution in [3.63, 3.8) is 0 Å². The van der Waals surface area contributed by atoms with E-state index in [9.17, 15) is 0 Å². The molecule has 3 nitrogen and oxygen atoms in total. The van der Waals surface area contributed by atoms with E-state index in [0.717, 1.165) is 22.9 Å². The van der Waals surface area contributed by atoms with Gasteiger partial charge in [-0.2, -0.15) is 0 Å². The van der Waals surface area contributed by atoms with E-state index < -0.39 is 0 Å². The van der Waals surface area contributed by atoms with Crippen molar-refractivity contribution in [2.45, 2.75) is 6.92 Å². The largest absolute Gasteiger partial charge is 0.453 e. The lowest BCUT2D eigenvalue weighted by Gasteiger charge is -2.43. The highest BCUT2D eigenvalue weighted by atomic mass is 16.5. The van der Waals surface area contributed by atoms with Crippen molar-refractivity contribution >= 4 is 67.4 Å². The smallest absolute Gasteiger partial charge is 0.333 e. The summed E-state index contributed by atoms with van der Waals surface area (Å²) in [6.45, 7) is 2.27. The first-order valence-corrected chi connectivity index (χ1v) is 13.6. The molecule has 1 aromatic heterocycles. The minimum atomic E-state index is 0.0479. The van der Waals surface area contributed by atoms with Crippen LogP contribution in [-0.2, 0) is 0 Å². The third-order valence-corrected chi connectivity index (χ3v) is 8.93. The first kappa shape index (κ1) is 20.1. The number of hydrogen-bond donors (Lipinski definition) is 0. The summed E-state index contributed by atoms with van der Waals surface area (Å²) < 4.78 is 9.14. The quantitative estimate of drug-likeness (QED) is 0.200. The Morgan fingerprint density at radius 1 is 0.641 bits per heavy atom. The van der Waals surface area contributed by atoms with Crippen LogP contribution >= 0.6 is 0 Å². The Morgan fingerprint density at radius 3 is 2.36 bits per heavy atom. The van der Waals surface area contributed by atoms with E-state index >= 15 is 0 Å². The first-order valence-electron chi connectivity index (χ1n) is 13.6. The molecule has 0 fully saturated rings. The second-order valence-electron chi connectivity index (χ2n) is 11.0. The second kappa shape index (κ2) is 6.72. The van der Waals surface area contributed by atoms with Crippen LogP contribution in [0.1, 0.15) is 5.56 Å². The summed E-state index contributed by atoms with van der Waals surface area (Å²) in [5.41, 5.74) is 12.6. The number of benzene rings is 6. The van der Waals surface area contributed by atoms with Crippen LogP contribution in [-0.4, -0.2) is 11.3 Å². The van der Waals surface area contributed by atoms with E-state index in [0.29, 0.717) is 0 Å². The maximum Gasteiger partial charge on any atom is 0.333 e. The summed E-state index contributed by atoms with van der Waals surface area (Å²) in [5, 5.41) is 5.17. The number of para-hydroxylation sites is 4. The SMILES string of the molecule is Cc1cc2c3c(c1)N1c4ccccc4Oc4cccc(c41)B3n1c3cc4ccccc4cc3c3cccc-2c31. The lowest BCUT2D eigenvalue weighted by Crippen LogP contribution is -2.57. The molecule has 0 atom stereocenters. The summed E-state index contributed by atoms with van der Waals surface area (Å²) in [7, 11) is 0. The molecule has 0 N–H and O–H groups in total. The number of aryl methyl sites for hydroxylation is 1. The van der Waals surface area contributed by atoms with Crippen molar-refractivity contribution in [1.29, 1.82) is 0 Å². The van der Waals surface area contributed by atoms with Gasteiger partial charge in [-0.05, 0) is 76.1 Å². The molecule has 7 aromatic rings. The average molecular weight is 496 g/mol. The van der Waals surface area contributed by atoms with Gasteiger partial charge in [-0.25, -0.2) is 0 Å². The van der Waals surface area contributed by atoms with Crippen LogP contribution in [0.3, 0.4) is 0 Å². The highest BCUT2D eigenvalue weighted by Crippen LogP contribution is 2.53. The normalized spacial score (nSPS) is 13.9.